The van der Waals surface area contributed by atoms with E-state index in [0.717, 1.165) is 4.68 Å². The van der Waals surface area contributed by atoms with Crippen LogP contribution >= 0.6 is 0 Å². The molecule has 1 aliphatic heterocycles. The van der Waals surface area contributed by atoms with Crippen LogP contribution in [0.4, 0.5) is 10.2 Å². The van der Waals surface area contributed by atoms with Crippen molar-refractivity contribution < 1.29 is 24.1 Å². The largest absolute Gasteiger partial charge is 0.394 e. The van der Waals surface area contributed by atoms with Crippen molar-refractivity contribution in [2.45, 2.75) is 24.6 Å². The molecule has 6 N–H and O–H groups in total. The number of carbonyl (C=O) groups excluding carboxylic acids is 1. The number of nitrogens with two attached hydrogens (primary N) is 2. The van der Waals surface area contributed by atoms with E-state index in [2.05, 4.69) is 10.3 Å². The van der Waals surface area contributed by atoms with Crippen LogP contribution in [0.15, 0.2) is 0 Å². The number of amides is 1. The third kappa shape index (κ3) is 1.79. The van der Waals surface area contributed by atoms with Gasteiger partial charge in [0.1, 0.15) is 12.2 Å². The molecule has 9 nitrogen and oxygen atoms in total. The van der Waals surface area contributed by atoms with Crippen LogP contribution in [0.25, 0.3) is 0 Å². The van der Waals surface area contributed by atoms with Gasteiger partial charge in [-0.1, -0.05) is 5.21 Å². The number of nitrogens with zero attached hydrogens (tertiary/aromatic N) is 3. The summed E-state index contributed by atoms with van der Waals surface area (Å²) in [5.41, 5.74) is 10.2. The van der Waals surface area contributed by atoms with Gasteiger partial charge in [-0.25, -0.2) is 4.39 Å². The maximum atomic E-state index is 13.7. The zero-order valence-corrected chi connectivity index (χ0v) is 9.10. The lowest BCUT2D eigenvalue weighted by atomic mass is 10.1. The predicted octanol–water partition coefficient (Wildman–Crippen LogP) is -2.45. The molecule has 0 spiro atoms. The fourth-order valence-electron chi connectivity index (χ4n) is 1.72. The third-order valence-corrected chi connectivity index (χ3v) is 2.68. The number of nitrogen functional groups attached to an aromatic ring is 1. The van der Waals surface area contributed by atoms with Crippen molar-refractivity contribution in [3.8, 4) is 0 Å². The molecule has 0 aliphatic carbocycles. The van der Waals surface area contributed by atoms with E-state index in [1.54, 1.807) is 0 Å². The van der Waals surface area contributed by atoms with Crippen LogP contribution in [0.5, 0.6) is 0 Å². The van der Waals surface area contributed by atoms with Gasteiger partial charge in [0.05, 0.1) is 6.61 Å². The zero-order valence-electron chi connectivity index (χ0n) is 9.10. The Morgan fingerprint density at radius 3 is 2.72 bits per heavy atom. The van der Waals surface area contributed by atoms with E-state index < -0.39 is 37.1 Å². The van der Waals surface area contributed by atoms with Gasteiger partial charge in [0, 0.05) is 0 Å². The van der Waals surface area contributed by atoms with E-state index in [9.17, 15) is 14.3 Å². The molecule has 0 unspecified atom stereocenters. The van der Waals surface area contributed by atoms with Crippen molar-refractivity contribution in [1.82, 2.24) is 15.0 Å². The summed E-state index contributed by atoms with van der Waals surface area (Å²) in [7, 11) is 0. The molecule has 1 aromatic heterocycles. The summed E-state index contributed by atoms with van der Waals surface area (Å²) in [5, 5.41) is 25.2. The Balaban J connectivity index is 2.30. The van der Waals surface area contributed by atoms with Crippen LogP contribution in [0, 0.1) is 0 Å². The van der Waals surface area contributed by atoms with E-state index in [4.69, 9.17) is 21.3 Å². The minimum atomic E-state index is -1.85. The van der Waals surface area contributed by atoms with Gasteiger partial charge in [-0.2, -0.15) is 4.68 Å². The number of anilines is 1. The van der Waals surface area contributed by atoms with Crippen LogP contribution < -0.4 is 11.5 Å². The van der Waals surface area contributed by atoms with Crippen LogP contribution in [-0.4, -0.2) is 56.1 Å². The predicted molar refractivity (Wildman–Crippen MR) is 54.9 cm³/mol. The van der Waals surface area contributed by atoms with E-state index in [1.807, 2.05) is 0 Å². The SMILES string of the molecule is NC(=O)c1nnn([C@H]2O[C@@H](CO)[C@H](O)[C@H]2F)c1N. The normalized spacial score (nSPS) is 31.7. The van der Waals surface area contributed by atoms with Crippen molar-refractivity contribution in [3.05, 3.63) is 5.69 Å². The molecule has 0 aromatic carbocycles. The Labute approximate surface area is 100 Å². The molecular weight excluding hydrogens is 249 g/mol. The molecule has 2 heterocycles. The number of aliphatic hydroxyl groups excluding tert-OH is 2. The number of carbonyl (C=O) groups is 1. The average Bonchev–Trinajstić information content (AvgIpc) is 2.82. The number of alkyl halides is 1. The summed E-state index contributed by atoms with van der Waals surface area (Å²) >= 11 is 0. The molecule has 4 atom stereocenters. The highest BCUT2D eigenvalue weighted by atomic mass is 19.1. The summed E-state index contributed by atoms with van der Waals surface area (Å²) in [4.78, 5) is 10.9. The number of halogens is 1. The zero-order chi connectivity index (χ0) is 13.4. The first kappa shape index (κ1) is 12.7. The number of rotatable bonds is 3. The van der Waals surface area contributed by atoms with Crippen molar-refractivity contribution >= 4 is 11.7 Å². The monoisotopic (exact) mass is 261 g/mol. The van der Waals surface area contributed by atoms with Gasteiger partial charge in [0.15, 0.2) is 23.9 Å². The minimum Gasteiger partial charge on any atom is -0.394 e. The van der Waals surface area contributed by atoms with Crippen LogP contribution in [0.1, 0.15) is 16.7 Å². The number of hydrogen-bond acceptors (Lipinski definition) is 7. The molecule has 1 saturated heterocycles. The second kappa shape index (κ2) is 4.48. The van der Waals surface area contributed by atoms with Crippen LogP contribution in [0.2, 0.25) is 0 Å². The van der Waals surface area contributed by atoms with Crippen molar-refractivity contribution in [3.63, 3.8) is 0 Å². The fourth-order valence-corrected chi connectivity index (χ4v) is 1.72. The highest BCUT2D eigenvalue weighted by Gasteiger charge is 2.46. The third-order valence-electron chi connectivity index (χ3n) is 2.68. The Morgan fingerprint density at radius 1 is 1.61 bits per heavy atom. The van der Waals surface area contributed by atoms with Crippen molar-refractivity contribution in [1.29, 1.82) is 0 Å². The second-order valence-electron chi connectivity index (χ2n) is 3.81. The van der Waals surface area contributed by atoms with Crippen LogP contribution in [0.3, 0.4) is 0 Å². The molecular formula is C8H12FN5O4. The van der Waals surface area contributed by atoms with E-state index in [0.29, 0.717) is 0 Å². The molecule has 100 valence electrons. The number of hydrogen-bond donors (Lipinski definition) is 4. The molecule has 0 saturated carbocycles. The number of aliphatic hydroxyl groups is 2. The van der Waals surface area contributed by atoms with E-state index in [-0.39, 0.29) is 11.5 Å². The van der Waals surface area contributed by atoms with E-state index >= 15 is 0 Å². The van der Waals surface area contributed by atoms with Gasteiger partial charge in [-0.15, -0.1) is 5.10 Å². The lowest BCUT2D eigenvalue weighted by molar-refractivity contribution is -0.0518. The Morgan fingerprint density at radius 2 is 2.28 bits per heavy atom. The summed E-state index contributed by atoms with van der Waals surface area (Å²) < 4.78 is 19.6. The Bertz CT molecular complexity index is 466. The first-order valence-electron chi connectivity index (χ1n) is 5.06. The minimum absolute atomic E-state index is 0.263. The summed E-state index contributed by atoms with van der Waals surface area (Å²) in [6.07, 6.45) is -5.82. The lowest BCUT2D eigenvalue weighted by Crippen LogP contribution is -2.30. The summed E-state index contributed by atoms with van der Waals surface area (Å²) in [6.45, 7) is -0.560. The second-order valence-corrected chi connectivity index (χ2v) is 3.81. The lowest BCUT2D eigenvalue weighted by Gasteiger charge is -2.13. The van der Waals surface area contributed by atoms with Gasteiger partial charge in [-0.05, 0) is 0 Å². The molecule has 10 heteroatoms. The number of primary amides is 1. The summed E-state index contributed by atoms with van der Waals surface area (Å²) in [6, 6.07) is 0. The highest BCUT2D eigenvalue weighted by Crippen LogP contribution is 2.32. The fraction of sp³-hybridized carbons (Fsp3) is 0.625. The molecule has 1 amide bonds. The average molecular weight is 261 g/mol. The maximum Gasteiger partial charge on any atom is 0.273 e. The van der Waals surface area contributed by atoms with E-state index in [1.165, 1.54) is 0 Å². The molecule has 1 aromatic rings. The van der Waals surface area contributed by atoms with Gasteiger partial charge in [-0.3, -0.25) is 4.79 Å². The van der Waals surface area contributed by atoms with Crippen molar-refractivity contribution in [2.24, 2.45) is 5.73 Å². The molecule has 0 bridgehead atoms. The van der Waals surface area contributed by atoms with Gasteiger partial charge < -0.3 is 26.4 Å². The quantitative estimate of drug-likeness (QED) is 0.471. The number of ether oxygens (including phenoxy) is 1. The van der Waals surface area contributed by atoms with Crippen LogP contribution in [-0.2, 0) is 4.74 Å². The molecule has 1 aliphatic rings. The first-order valence-corrected chi connectivity index (χ1v) is 5.06. The van der Waals surface area contributed by atoms with Crippen molar-refractivity contribution in [2.75, 3.05) is 12.3 Å². The highest BCUT2D eigenvalue weighted by molar-refractivity contribution is 5.94. The molecule has 1 fully saturated rings. The van der Waals surface area contributed by atoms with Gasteiger partial charge in [0.25, 0.3) is 5.91 Å². The Kier molecular flexibility index (Phi) is 3.15. The maximum absolute atomic E-state index is 13.7. The van der Waals surface area contributed by atoms with Gasteiger partial charge in [0.2, 0.25) is 0 Å². The summed E-state index contributed by atoms with van der Waals surface area (Å²) in [5.74, 6) is -1.17. The number of aromatic nitrogens is 3. The smallest absolute Gasteiger partial charge is 0.273 e. The first-order chi connectivity index (χ1) is 8.47. The topological polar surface area (TPSA) is 150 Å². The molecule has 0 radical (unpaired) electrons. The molecule has 18 heavy (non-hydrogen) atoms. The standard InChI is InChI=1S/C8H12FN5O4/c9-3-5(16)2(1-15)18-8(3)14-6(10)4(7(11)17)12-13-14/h2-3,5,8,15-16H,1,10H2,(H2,11,17)/t2-,3+,5-,8-/m0/s1. The van der Waals surface area contributed by atoms with Gasteiger partial charge >= 0.3 is 0 Å². The molecule has 2 rings (SSSR count). The Hall–Kier alpha value is -1.78.